The van der Waals surface area contributed by atoms with Crippen LogP contribution >= 0.6 is 82.3 Å². The molecule has 4 aromatic carbocycles. The van der Waals surface area contributed by atoms with Crippen LogP contribution in [0.3, 0.4) is 0 Å². The Morgan fingerprint density at radius 3 is 1.33 bits per heavy atom. The fourth-order valence-corrected chi connectivity index (χ4v) is 15.0. The van der Waals surface area contributed by atoms with E-state index in [1.807, 2.05) is 180 Å². The Morgan fingerprint density at radius 1 is 0.561 bits per heavy atom. The van der Waals surface area contributed by atoms with Gasteiger partial charge in [0.05, 0.1) is 9.16 Å². The third kappa shape index (κ3) is 16.9. The van der Waals surface area contributed by atoms with Crippen molar-refractivity contribution in [3.8, 4) is 11.5 Å². The summed E-state index contributed by atoms with van der Waals surface area (Å²) >= 11 is 13.3. The van der Waals surface area contributed by atoms with E-state index in [1.165, 1.54) is 35.2 Å². The predicted octanol–water partition coefficient (Wildman–Crippen LogP) is 10.9. The standard InChI is InChI=1S/C44H46O6S7/c45-41(21-11-33-7-3-1-4-8-33)49-37(29-51-31-43-53-23-24-54-43)27-47-35-13-17-39(18-14-35)57-40-19-15-36(16-20-40)48-28-38(30-52-32-44-55-25-26-56-44)50-42(46)22-12-34-9-5-2-6-10-34/h1-22,37-38,43-44H,23-32H2. The second-order valence-corrected chi connectivity index (χ2v) is 21.8. The highest BCUT2D eigenvalue weighted by molar-refractivity contribution is 8.21. The van der Waals surface area contributed by atoms with Crippen molar-refractivity contribution < 1.29 is 28.5 Å². The van der Waals surface area contributed by atoms with E-state index in [2.05, 4.69) is 0 Å². The number of esters is 2. The highest BCUT2D eigenvalue weighted by Gasteiger charge is 2.21. The van der Waals surface area contributed by atoms with Crippen LogP contribution in [0.2, 0.25) is 0 Å². The van der Waals surface area contributed by atoms with Crippen molar-refractivity contribution in [1.82, 2.24) is 0 Å². The molecule has 57 heavy (non-hydrogen) atoms. The molecule has 2 fully saturated rings. The molecule has 0 radical (unpaired) electrons. The summed E-state index contributed by atoms with van der Waals surface area (Å²) in [6.45, 7) is 0.553. The van der Waals surface area contributed by atoms with E-state index in [0.29, 0.717) is 20.7 Å². The van der Waals surface area contributed by atoms with E-state index in [1.54, 1.807) is 23.9 Å². The van der Waals surface area contributed by atoms with Crippen molar-refractivity contribution in [3.63, 3.8) is 0 Å². The van der Waals surface area contributed by atoms with E-state index in [4.69, 9.17) is 18.9 Å². The Morgan fingerprint density at radius 2 is 0.947 bits per heavy atom. The molecule has 2 saturated heterocycles. The molecule has 0 N–H and O–H groups in total. The third-order valence-electron chi connectivity index (χ3n) is 8.24. The minimum absolute atomic E-state index is 0.276. The summed E-state index contributed by atoms with van der Waals surface area (Å²) in [7, 11) is 0. The van der Waals surface area contributed by atoms with Crippen LogP contribution in [0, 0.1) is 0 Å². The van der Waals surface area contributed by atoms with Gasteiger partial charge in [-0.25, -0.2) is 9.59 Å². The molecule has 2 unspecified atom stereocenters. The molecule has 300 valence electrons. The molecule has 0 aromatic heterocycles. The number of thioether (sulfide) groups is 6. The monoisotopic (exact) mass is 894 g/mol. The van der Waals surface area contributed by atoms with Gasteiger partial charge < -0.3 is 18.9 Å². The van der Waals surface area contributed by atoms with E-state index < -0.39 is 0 Å². The Labute approximate surface area is 366 Å². The van der Waals surface area contributed by atoms with Crippen molar-refractivity contribution in [3.05, 3.63) is 132 Å². The first-order valence-electron chi connectivity index (χ1n) is 18.7. The Hall–Kier alpha value is -2.65. The second kappa shape index (κ2) is 25.1. The first-order valence-corrected chi connectivity index (χ1v) is 26.0. The summed E-state index contributed by atoms with van der Waals surface area (Å²) < 4.78 is 25.2. The van der Waals surface area contributed by atoms with Crippen molar-refractivity contribution in [1.29, 1.82) is 0 Å². The highest BCUT2D eigenvalue weighted by Crippen LogP contribution is 2.36. The van der Waals surface area contributed by atoms with Gasteiger partial charge in [0.1, 0.15) is 36.9 Å². The van der Waals surface area contributed by atoms with Crippen LogP contribution in [0.4, 0.5) is 0 Å². The van der Waals surface area contributed by atoms with Crippen LogP contribution in [0.15, 0.2) is 131 Å². The first kappa shape index (κ1) is 43.9. The molecule has 2 heterocycles. The summed E-state index contributed by atoms with van der Waals surface area (Å²) in [5, 5.41) is 0. The molecule has 4 aromatic rings. The van der Waals surface area contributed by atoms with Crippen molar-refractivity contribution in [2.24, 2.45) is 0 Å². The number of hydrogen-bond acceptors (Lipinski definition) is 13. The molecule has 2 atom stereocenters. The maximum absolute atomic E-state index is 12.7. The summed E-state index contributed by atoms with van der Waals surface area (Å²) in [6, 6.07) is 35.4. The van der Waals surface area contributed by atoms with Gasteiger partial charge in [-0.15, -0.1) is 47.0 Å². The van der Waals surface area contributed by atoms with Gasteiger partial charge in [-0.2, -0.15) is 23.5 Å². The number of hydrogen-bond donors (Lipinski definition) is 0. The van der Waals surface area contributed by atoms with Crippen LogP contribution in [-0.4, -0.2) is 92.5 Å². The molecule has 2 aliphatic rings. The third-order valence-corrected chi connectivity index (χ3v) is 18.5. The van der Waals surface area contributed by atoms with E-state index in [9.17, 15) is 9.59 Å². The lowest BCUT2D eigenvalue weighted by Crippen LogP contribution is -2.27. The van der Waals surface area contributed by atoms with Gasteiger partial charge in [0.25, 0.3) is 0 Å². The van der Waals surface area contributed by atoms with E-state index >= 15 is 0 Å². The number of carbonyl (C=O) groups excluding carboxylic acids is 2. The summed E-state index contributed by atoms with van der Waals surface area (Å²) in [4.78, 5) is 27.6. The van der Waals surface area contributed by atoms with Crippen molar-refractivity contribution in [2.75, 3.05) is 59.2 Å². The summed E-state index contributed by atoms with van der Waals surface area (Å²) in [6.07, 6.45) is 5.77. The van der Waals surface area contributed by atoms with Crippen LogP contribution in [0.1, 0.15) is 11.1 Å². The Balaban J connectivity index is 0.966. The van der Waals surface area contributed by atoms with Crippen LogP contribution in [0.5, 0.6) is 11.5 Å². The van der Waals surface area contributed by atoms with Gasteiger partial charge in [-0.05, 0) is 71.8 Å². The molecular weight excluding hydrogens is 849 g/mol. The number of carbonyl (C=O) groups is 2. The van der Waals surface area contributed by atoms with Gasteiger partial charge in [-0.3, -0.25) is 0 Å². The fraction of sp³-hybridized carbons (Fsp3) is 0.318. The van der Waals surface area contributed by atoms with Gasteiger partial charge in [-0.1, -0.05) is 72.4 Å². The predicted molar refractivity (Wildman–Crippen MR) is 251 cm³/mol. The topological polar surface area (TPSA) is 71.1 Å². The summed E-state index contributed by atoms with van der Waals surface area (Å²) in [5.74, 6) is 8.87. The lowest BCUT2D eigenvalue weighted by atomic mass is 10.2. The fourth-order valence-electron chi connectivity index (χ4n) is 5.42. The lowest BCUT2D eigenvalue weighted by Gasteiger charge is -2.19. The zero-order valence-electron chi connectivity index (χ0n) is 31.4. The molecule has 2 aliphatic heterocycles. The number of benzene rings is 4. The molecular formula is C44H46O6S7. The minimum Gasteiger partial charge on any atom is -0.490 e. The zero-order valence-corrected chi connectivity index (χ0v) is 37.1. The van der Waals surface area contributed by atoms with Gasteiger partial charge in [0, 0.05) is 68.0 Å². The Kier molecular flexibility index (Phi) is 19.3. The first-order chi connectivity index (χ1) is 28.0. The number of ether oxygens (including phenoxy) is 4. The second-order valence-electron chi connectivity index (χ2n) is 12.7. The molecule has 0 bridgehead atoms. The minimum atomic E-state index is -0.373. The Bertz CT molecular complexity index is 1700. The number of rotatable bonds is 22. The molecule has 0 aliphatic carbocycles. The maximum Gasteiger partial charge on any atom is 0.331 e. The average molecular weight is 895 g/mol. The van der Waals surface area contributed by atoms with Crippen LogP contribution in [0.25, 0.3) is 12.2 Å². The van der Waals surface area contributed by atoms with Crippen molar-refractivity contribution in [2.45, 2.75) is 31.2 Å². The maximum atomic E-state index is 12.7. The van der Waals surface area contributed by atoms with Gasteiger partial charge in [0.15, 0.2) is 0 Å². The molecule has 0 amide bonds. The van der Waals surface area contributed by atoms with Crippen LogP contribution < -0.4 is 9.47 Å². The molecule has 6 rings (SSSR count). The average Bonchev–Trinajstić information content (AvgIpc) is 3.98. The quantitative estimate of drug-likeness (QED) is 0.0556. The van der Waals surface area contributed by atoms with Gasteiger partial charge >= 0.3 is 11.9 Å². The van der Waals surface area contributed by atoms with E-state index in [0.717, 1.165) is 43.9 Å². The zero-order chi connectivity index (χ0) is 39.3. The molecule has 6 nitrogen and oxygen atoms in total. The summed E-state index contributed by atoms with van der Waals surface area (Å²) in [5.41, 5.74) is 1.90. The normalized spacial score (nSPS) is 15.9. The largest absolute Gasteiger partial charge is 0.490 e. The smallest absolute Gasteiger partial charge is 0.331 e. The molecule has 0 spiro atoms. The molecule has 0 saturated carbocycles. The molecule has 13 heteroatoms. The van der Waals surface area contributed by atoms with Gasteiger partial charge in [0.2, 0.25) is 0 Å². The lowest BCUT2D eigenvalue weighted by molar-refractivity contribution is -0.144. The van der Waals surface area contributed by atoms with E-state index in [-0.39, 0.29) is 37.4 Å². The SMILES string of the molecule is O=C(C=Cc1ccccc1)OC(COc1ccc(Sc2ccc(OCC(CSCC3SCCS3)OC(=O)C=Cc3ccccc3)cc2)cc1)CSCC1SCCS1. The van der Waals surface area contributed by atoms with Crippen LogP contribution in [-0.2, 0) is 19.1 Å². The highest BCUT2D eigenvalue weighted by atomic mass is 32.2. The van der Waals surface area contributed by atoms with Crippen molar-refractivity contribution >= 4 is 106 Å².